The van der Waals surface area contributed by atoms with E-state index in [1.807, 2.05) is 12.3 Å². The number of anilines is 2. The van der Waals surface area contributed by atoms with Gasteiger partial charge < -0.3 is 15.1 Å². The molecule has 2 atom stereocenters. The molecule has 0 radical (unpaired) electrons. The van der Waals surface area contributed by atoms with Gasteiger partial charge in [-0.1, -0.05) is 12.8 Å². The predicted octanol–water partition coefficient (Wildman–Crippen LogP) is 0.432. The van der Waals surface area contributed by atoms with Crippen LogP contribution in [0.4, 0.5) is 11.8 Å². The smallest absolute Gasteiger partial charge is 0.227 e. The number of nitrogens with zero attached hydrogens (tertiary/aromatic N) is 4. The lowest BCUT2D eigenvalue weighted by Crippen LogP contribution is -2.57. The minimum atomic E-state index is -2.96. The van der Waals surface area contributed by atoms with E-state index in [1.165, 1.54) is 25.7 Å². The predicted molar refractivity (Wildman–Crippen MR) is 94.3 cm³/mol. The first-order valence-electron chi connectivity index (χ1n) is 8.91. The summed E-state index contributed by atoms with van der Waals surface area (Å²) < 4.78 is 24.0. The highest BCUT2D eigenvalue weighted by Crippen LogP contribution is 2.26. The lowest BCUT2D eigenvalue weighted by molar-refractivity contribution is 0.422. The van der Waals surface area contributed by atoms with E-state index < -0.39 is 9.84 Å². The molecule has 0 saturated carbocycles. The molecule has 4 rings (SSSR count). The Morgan fingerprint density at radius 3 is 2.67 bits per heavy atom. The van der Waals surface area contributed by atoms with Crippen molar-refractivity contribution in [1.82, 2.24) is 15.3 Å². The summed E-state index contributed by atoms with van der Waals surface area (Å²) in [4.78, 5) is 13.7. The molecule has 24 heavy (non-hydrogen) atoms. The summed E-state index contributed by atoms with van der Waals surface area (Å²) >= 11 is 0. The Morgan fingerprint density at radius 1 is 1.08 bits per heavy atom. The fourth-order valence-electron chi connectivity index (χ4n) is 4.07. The maximum absolute atomic E-state index is 12.0. The van der Waals surface area contributed by atoms with Gasteiger partial charge in [0.15, 0.2) is 9.84 Å². The Kier molecular flexibility index (Phi) is 4.34. The standard InChI is InChI=1S/C16H25N5O2S/c22-24(23)11-13-14(12-24)21(10-7-17-13)15-5-6-18-16(19-15)20-8-3-1-2-4-9-20/h5-6,13-14,17H,1-4,7-12H2/t13-,14+/m0/s1. The molecule has 132 valence electrons. The number of sulfone groups is 1. The molecule has 0 spiro atoms. The topological polar surface area (TPSA) is 78.4 Å². The molecule has 3 saturated heterocycles. The number of piperazine rings is 1. The van der Waals surface area contributed by atoms with E-state index in [1.54, 1.807) is 0 Å². The molecule has 3 aliphatic heterocycles. The van der Waals surface area contributed by atoms with Crippen molar-refractivity contribution in [2.24, 2.45) is 0 Å². The van der Waals surface area contributed by atoms with Crippen molar-refractivity contribution in [1.29, 1.82) is 0 Å². The Labute approximate surface area is 143 Å². The molecule has 0 bridgehead atoms. The van der Waals surface area contributed by atoms with Gasteiger partial charge in [0, 0.05) is 38.4 Å². The van der Waals surface area contributed by atoms with Crippen LogP contribution < -0.4 is 15.1 Å². The van der Waals surface area contributed by atoms with Crippen molar-refractivity contribution in [2.75, 3.05) is 47.5 Å². The van der Waals surface area contributed by atoms with Crippen LogP contribution in [0.25, 0.3) is 0 Å². The number of aromatic nitrogens is 2. The van der Waals surface area contributed by atoms with Crippen LogP contribution in [0.15, 0.2) is 12.3 Å². The van der Waals surface area contributed by atoms with E-state index in [0.29, 0.717) is 0 Å². The second-order valence-electron chi connectivity index (χ2n) is 7.01. The molecular weight excluding hydrogens is 326 g/mol. The van der Waals surface area contributed by atoms with Crippen LogP contribution in [0.5, 0.6) is 0 Å². The van der Waals surface area contributed by atoms with Crippen LogP contribution in [0.1, 0.15) is 25.7 Å². The quantitative estimate of drug-likeness (QED) is 0.828. The second kappa shape index (κ2) is 6.48. The molecule has 1 aromatic rings. The number of nitrogens with one attached hydrogen (secondary N) is 1. The molecule has 1 aromatic heterocycles. The molecule has 0 amide bonds. The van der Waals surface area contributed by atoms with Gasteiger partial charge in [-0.15, -0.1) is 0 Å². The highest BCUT2D eigenvalue weighted by molar-refractivity contribution is 7.91. The first kappa shape index (κ1) is 16.1. The van der Waals surface area contributed by atoms with Gasteiger partial charge in [-0.25, -0.2) is 13.4 Å². The zero-order chi connectivity index (χ0) is 16.6. The van der Waals surface area contributed by atoms with E-state index in [0.717, 1.165) is 37.9 Å². The molecule has 3 aliphatic rings. The molecular formula is C16H25N5O2S. The maximum Gasteiger partial charge on any atom is 0.227 e. The molecule has 0 unspecified atom stereocenters. The summed E-state index contributed by atoms with van der Waals surface area (Å²) in [5, 5.41) is 3.35. The fourth-order valence-corrected chi connectivity index (χ4v) is 6.03. The van der Waals surface area contributed by atoms with E-state index >= 15 is 0 Å². The summed E-state index contributed by atoms with van der Waals surface area (Å²) in [7, 11) is -2.96. The van der Waals surface area contributed by atoms with Gasteiger partial charge in [-0.05, 0) is 18.9 Å². The fraction of sp³-hybridized carbons (Fsp3) is 0.750. The average Bonchev–Trinajstić information content (AvgIpc) is 2.75. The Balaban J connectivity index is 1.58. The largest absolute Gasteiger partial charge is 0.350 e. The van der Waals surface area contributed by atoms with Crippen molar-refractivity contribution in [3.05, 3.63) is 12.3 Å². The summed E-state index contributed by atoms with van der Waals surface area (Å²) in [6.45, 7) is 3.59. The number of hydrogen-bond donors (Lipinski definition) is 1. The zero-order valence-corrected chi connectivity index (χ0v) is 14.7. The Hall–Kier alpha value is -1.41. The summed E-state index contributed by atoms with van der Waals surface area (Å²) in [6.07, 6.45) is 6.72. The lowest BCUT2D eigenvalue weighted by Gasteiger charge is -2.38. The number of rotatable bonds is 2. The molecule has 8 heteroatoms. The molecule has 1 N–H and O–H groups in total. The Morgan fingerprint density at radius 2 is 1.88 bits per heavy atom. The van der Waals surface area contributed by atoms with Crippen LogP contribution in [0.3, 0.4) is 0 Å². The highest BCUT2D eigenvalue weighted by Gasteiger charge is 2.43. The average molecular weight is 351 g/mol. The van der Waals surface area contributed by atoms with Gasteiger partial charge >= 0.3 is 0 Å². The molecule has 4 heterocycles. The van der Waals surface area contributed by atoms with Crippen LogP contribution in [-0.2, 0) is 9.84 Å². The van der Waals surface area contributed by atoms with E-state index in [2.05, 4.69) is 20.1 Å². The zero-order valence-electron chi connectivity index (χ0n) is 13.9. The third-order valence-corrected chi connectivity index (χ3v) is 7.01. The molecule has 0 aromatic carbocycles. The van der Waals surface area contributed by atoms with Crippen molar-refractivity contribution >= 4 is 21.6 Å². The SMILES string of the molecule is O=S1(=O)C[C@@H]2NCCN(c3ccnc(N4CCCCCC4)n3)[C@@H]2C1. The first-order chi connectivity index (χ1) is 11.6. The summed E-state index contributed by atoms with van der Waals surface area (Å²) in [6, 6.07) is 1.91. The van der Waals surface area contributed by atoms with Crippen LogP contribution in [0, 0.1) is 0 Å². The number of fused-ring (bicyclic) bond motifs is 1. The van der Waals surface area contributed by atoms with Gasteiger partial charge in [0.05, 0.1) is 17.5 Å². The summed E-state index contributed by atoms with van der Waals surface area (Å²) in [5.41, 5.74) is 0. The number of hydrogen-bond acceptors (Lipinski definition) is 7. The van der Waals surface area contributed by atoms with Crippen molar-refractivity contribution in [3.8, 4) is 0 Å². The molecule has 3 fully saturated rings. The first-order valence-corrected chi connectivity index (χ1v) is 10.7. The van der Waals surface area contributed by atoms with E-state index in [4.69, 9.17) is 4.98 Å². The summed E-state index contributed by atoms with van der Waals surface area (Å²) in [5.74, 6) is 2.09. The molecule has 0 aliphatic carbocycles. The second-order valence-corrected chi connectivity index (χ2v) is 9.17. The van der Waals surface area contributed by atoms with Crippen LogP contribution in [-0.4, -0.2) is 68.2 Å². The van der Waals surface area contributed by atoms with E-state index in [-0.39, 0.29) is 23.6 Å². The van der Waals surface area contributed by atoms with Crippen molar-refractivity contribution in [2.45, 2.75) is 37.8 Å². The third kappa shape index (κ3) is 3.21. The van der Waals surface area contributed by atoms with Gasteiger partial charge in [0.25, 0.3) is 0 Å². The molecule has 7 nitrogen and oxygen atoms in total. The minimum absolute atomic E-state index is 0.0142. The monoisotopic (exact) mass is 351 g/mol. The van der Waals surface area contributed by atoms with Gasteiger partial charge in [0.2, 0.25) is 5.95 Å². The van der Waals surface area contributed by atoms with Gasteiger partial charge in [-0.2, -0.15) is 4.98 Å². The van der Waals surface area contributed by atoms with Crippen LogP contribution >= 0.6 is 0 Å². The lowest BCUT2D eigenvalue weighted by atomic mass is 10.1. The Bertz CT molecular complexity index is 687. The van der Waals surface area contributed by atoms with Crippen LogP contribution in [0.2, 0.25) is 0 Å². The highest BCUT2D eigenvalue weighted by atomic mass is 32.2. The maximum atomic E-state index is 12.0. The minimum Gasteiger partial charge on any atom is -0.350 e. The van der Waals surface area contributed by atoms with Gasteiger partial charge in [0.1, 0.15) is 5.82 Å². The van der Waals surface area contributed by atoms with Gasteiger partial charge in [-0.3, -0.25) is 0 Å². The normalized spacial score (nSPS) is 30.0. The third-order valence-electron chi connectivity index (χ3n) is 5.29. The van der Waals surface area contributed by atoms with Crippen molar-refractivity contribution < 1.29 is 8.42 Å². The van der Waals surface area contributed by atoms with Crippen molar-refractivity contribution in [3.63, 3.8) is 0 Å². The van der Waals surface area contributed by atoms with E-state index in [9.17, 15) is 8.42 Å².